The van der Waals surface area contributed by atoms with Crippen LogP contribution in [0.1, 0.15) is 13.8 Å². The third-order valence-corrected chi connectivity index (χ3v) is 3.79. The van der Waals surface area contributed by atoms with E-state index >= 15 is 0 Å². The van der Waals surface area contributed by atoms with Gasteiger partial charge in [-0.3, -0.25) is 10.1 Å². The van der Waals surface area contributed by atoms with Crippen LogP contribution in [0.15, 0.2) is 18.2 Å². The van der Waals surface area contributed by atoms with Gasteiger partial charge in [0.15, 0.2) is 0 Å². The van der Waals surface area contributed by atoms with Gasteiger partial charge in [0.1, 0.15) is 11.5 Å². The van der Waals surface area contributed by atoms with Crippen molar-refractivity contribution in [3.05, 3.63) is 18.2 Å². The van der Waals surface area contributed by atoms with Crippen molar-refractivity contribution in [1.29, 1.82) is 0 Å². The molecule has 0 aliphatic carbocycles. The molecule has 0 bridgehead atoms. The van der Waals surface area contributed by atoms with Gasteiger partial charge in [-0.05, 0) is 26.0 Å². The fraction of sp³-hybridized carbons (Fsp3) is 0.500. The molecule has 6 heteroatoms. The summed E-state index contributed by atoms with van der Waals surface area (Å²) in [5.41, 5.74) is 0.654. The molecule has 1 aliphatic heterocycles. The molecule has 1 fully saturated rings. The number of thioether (sulfide) groups is 1. The van der Waals surface area contributed by atoms with Crippen LogP contribution in [0, 0.1) is 0 Å². The zero-order valence-corrected chi connectivity index (χ0v) is 12.6. The first kappa shape index (κ1) is 15.0. The van der Waals surface area contributed by atoms with Gasteiger partial charge in [-0.1, -0.05) is 0 Å². The first-order valence-corrected chi connectivity index (χ1v) is 7.91. The summed E-state index contributed by atoms with van der Waals surface area (Å²) in [6, 6.07) is 5.31. The van der Waals surface area contributed by atoms with E-state index in [-0.39, 0.29) is 11.9 Å². The van der Waals surface area contributed by atoms with Crippen molar-refractivity contribution >= 4 is 23.4 Å². The van der Waals surface area contributed by atoms with E-state index in [0.29, 0.717) is 24.7 Å². The van der Waals surface area contributed by atoms with Crippen LogP contribution in [0.25, 0.3) is 0 Å². The van der Waals surface area contributed by atoms with Gasteiger partial charge in [-0.2, -0.15) is 0 Å². The molecule has 0 radical (unpaired) electrons. The minimum absolute atomic E-state index is 0.0374. The van der Waals surface area contributed by atoms with Crippen LogP contribution in [-0.4, -0.2) is 36.8 Å². The minimum Gasteiger partial charge on any atom is -0.494 e. The van der Waals surface area contributed by atoms with Gasteiger partial charge in [0, 0.05) is 17.7 Å². The second-order valence-corrected chi connectivity index (χ2v) is 5.32. The Bertz CT molecular complexity index is 462. The average molecular weight is 296 g/mol. The first-order chi connectivity index (χ1) is 9.74. The van der Waals surface area contributed by atoms with Crippen molar-refractivity contribution in [1.82, 2.24) is 5.32 Å². The molecule has 5 nitrogen and oxygen atoms in total. The van der Waals surface area contributed by atoms with Crippen LogP contribution < -0.4 is 20.1 Å². The van der Waals surface area contributed by atoms with Crippen molar-refractivity contribution < 1.29 is 14.3 Å². The summed E-state index contributed by atoms with van der Waals surface area (Å²) in [4.78, 5) is 12.2. The van der Waals surface area contributed by atoms with E-state index in [4.69, 9.17) is 9.47 Å². The van der Waals surface area contributed by atoms with Crippen molar-refractivity contribution in [2.45, 2.75) is 19.9 Å². The number of hydrogen-bond donors (Lipinski definition) is 2. The Balaban J connectivity index is 2.13. The molecule has 2 N–H and O–H groups in total. The topological polar surface area (TPSA) is 59.6 Å². The summed E-state index contributed by atoms with van der Waals surface area (Å²) in [6.45, 7) is 4.97. The lowest BCUT2D eigenvalue weighted by Crippen LogP contribution is -2.37. The Kier molecular flexibility index (Phi) is 5.55. The molecule has 1 aromatic rings. The molecule has 1 saturated heterocycles. The molecule has 1 atom stereocenters. The largest absolute Gasteiger partial charge is 0.494 e. The van der Waals surface area contributed by atoms with Gasteiger partial charge in [0.2, 0.25) is 5.91 Å². The molecule has 0 saturated carbocycles. The number of nitrogens with one attached hydrogen (secondary N) is 2. The van der Waals surface area contributed by atoms with E-state index in [1.807, 2.05) is 26.0 Å². The maximum absolute atomic E-state index is 12.2. The highest BCUT2D eigenvalue weighted by atomic mass is 32.2. The van der Waals surface area contributed by atoms with E-state index in [1.54, 1.807) is 17.8 Å². The van der Waals surface area contributed by atoms with E-state index in [0.717, 1.165) is 17.4 Å². The Labute approximate surface area is 123 Å². The van der Waals surface area contributed by atoms with Crippen LogP contribution in [0.5, 0.6) is 11.5 Å². The zero-order chi connectivity index (χ0) is 14.4. The summed E-state index contributed by atoms with van der Waals surface area (Å²) in [6.07, 6.45) is 0. The Hall–Kier alpha value is -1.40. The Morgan fingerprint density at radius 1 is 1.40 bits per heavy atom. The van der Waals surface area contributed by atoms with Crippen LogP contribution in [0.2, 0.25) is 0 Å². The molecular formula is C14H20N2O3S. The summed E-state index contributed by atoms with van der Waals surface area (Å²) in [5, 5.41) is 6.06. The number of ether oxygens (including phenoxy) is 2. The molecule has 1 heterocycles. The lowest BCUT2D eigenvalue weighted by atomic mass is 10.2. The predicted molar refractivity (Wildman–Crippen MR) is 81.7 cm³/mol. The fourth-order valence-corrected chi connectivity index (χ4v) is 2.87. The van der Waals surface area contributed by atoms with E-state index in [2.05, 4.69) is 10.6 Å². The quantitative estimate of drug-likeness (QED) is 0.842. The van der Waals surface area contributed by atoms with Crippen molar-refractivity contribution in [3.8, 4) is 11.5 Å². The summed E-state index contributed by atoms with van der Waals surface area (Å²) < 4.78 is 11.0. The highest BCUT2D eigenvalue weighted by molar-refractivity contribution is 7.99. The number of benzene rings is 1. The smallest absolute Gasteiger partial charge is 0.242 e. The highest BCUT2D eigenvalue weighted by Gasteiger charge is 2.23. The van der Waals surface area contributed by atoms with E-state index in [9.17, 15) is 4.79 Å². The minimum atomic E-state index is -0.148. The third-order valence-electron chi connectivity index (χ3n) is 2.85. The third kappa shape index (κ3) is 3.80. The van der Waals surface area contributed by atoms with Gasteiger partial charge >= 0.3 is 0 Å². The number of rotatable bonds is 6. The summed E-state index contributed by atoms with van der Waals surface area (Å²) >= 11 is 1.72. The highest BCUT2D eigenvalue weighted by Crippen LogP contribution is 2.29. The van der Waals surface area contributed by atoms with Gasteiger partial charge in [0.25, 0.3) is 0 Å². The normalized spacial score (nSPS) is 17.8. The van der Waals surface area contributed by atoms with Crippen LogP contribution in [-0.2, 0) is 4.79 Å². The number of anilines is 1. The Morgan fingerprint density at radius 2 is 2.20 bits per heavy atom. The maximum Gasteiger partial charge on any atom is 0.242 e. The lowest BCUT2D eigenvalue weighted by molar-refractivity contribution is -0.117. The van der Waals surface area contributed by atoms with Crippen molar-refractivity contribution in [3.63, 3.8) is 0 Å². The van der Waals surface area contributed by atoms with Gasteiger partial charge in [-0.25, -0.2) is 0 Å². The van der Waals surface area contributed by atoms with E-state index < -0.39 is 0 Å². The van der Waals surface area contributed by atoms with Crippen LogP contribution in [0.4, 0.5) is 5.69 Å². The average Bonchev–Trinajstić information content (AvgIpc) is 2.96. The number of amides is 1. The molecule has 1 aliphatic rings. The number of carbonyl (C=O) groups excluding carboxylic acids is 1. The zero-order valence-electron chi connectivity index (χ0n) is 11.8. The molecule has 0 aromatic heterocycles. The molecule has 0 spiro atoms. The fourth-order valence-electron chi connectivity index (χ4n) is 1.93. The second kappa shape index (κ2) is 7.40. The van der Waals surface area contributed by atoms with Crippen molar-refractivity contribution in [2.24, 2.45) is 0 Å². The van der Waals surface area contributed by atoms with Gasteiger partial charge in [-0.15, -0.1) is 11.8 Å². The summed E-state index contributed by atoms with van der Waals surface area (Å²) in [7, 11) is 0. The number of hydrogen-bond acceptors (Lipinski definition) is 5. The van der Waals surface area contributed by atoms with Gasteiger partial charge < -0.3 is 14.8 Å². The maximum atomic E-state index is 12.2. The van der Waals surface area contributed by atoms with Gasteiger partial charge in [0.05, 0.1) is 24.9 Å². The van der Waals surface area contributed by atoms with E-state index in [1.165, 1.54) is 0 Å². The second-order valence-electron chi connectivity index (χ2n) is 4.29. The molecular weight excluding hydrogens is 276 g/mol. The van der Waals surface area contributed by atoms with Crippen LogP contribution >= 0.6 is 11.8 Å². The first-order valence-electron chi connectivity index (χ1n) is 6.76. The molecule has 2 rings (SSSR count). The monoisotopic (exact) mass is 296 g/mol. The van der Waals surface area contributed by atoms with Crippen LogP contribution in [0.3, 0.4) is 0 Å². The molecule has 1 unspecified atom stereocenters. The SMILES string of the molecule is CCOc1ccc(OCC)c(NC(=O)C2CSCN2)c1. The Morgan fingerprint density at radius 3 is 2.85 bits per heavy atom. The molecule has 110 valence electrons. The lowest BCUT2D eigenvalue weighted by Gasteiger charge is -2.15. The number of carbonyl (C=O) groups is 1. The van der Waals surface area contributed by atoms with Crippen molar-refractivity contribution in [2.75, 3.05) is 30.2 Å². The molecule has 1 amide bonds. The summed E-state index contributed by atoms with van der Waals surface area (Å²) in [5.74, 6) is 2.95. The predicted octanol–water partition coefficient (Wildman–Crippen LogP) is 2.08. The molecule has 1 aromatic carbocycles. The molecule has 20 heavy (non-hydrogen) atoms. The standard InChI is InChI=1S/C14H20N2O3S/c1-3-18-10-5-6-13(19-4-2)11(7-10)16-14(17)12-8-20-9-15-12/h5-7,12,15H,3-4,8-9H2,1-2H3,(H,16,17).